The molecule has 0 saturated heterocycles. The Morgan fingerprint density at radius 2 is 1.96 bits per heavy atom. The summed E-state index contributed by atoms with van der Waals surface area (Å²) in [5, 5.41) is 4.23. The van der Waals surface area contributed by atoms with E-state index in [0.717, 1.165) is 23.3 Å². The Morgan fingerprint density at radius 3 is 2.61 bits per heavy atom. The number of hydrogen-bond acceptors (Lipinski definition) is 5. The maximum Gasteiger partial charge on any atom is 0.301 e. The van der Waals surface area contributed by atoms with Crippen LogP contribution in [0.2, 0.25) is 0 Å². The van der Waals surface area contributed by atoms with Crippen LogP contribution in [0.15, 0.2) is 57.9 Å². The molecule has 0 aliphatic rings. The van der Waals surface area contributed by atoms with Gasteiger partial charge in [0.25, 0.3) is 0 Å². The van der Waals surface area contributed by atoms with Crippen LogP contribution in [-0.2, 0) is 15.6 Å². The molecule has 0 aliphatic carbocycles. The molecule has 0 N–H and O–H groups in total. The molecule has 1 atom stereocenters. The van der Waals surface area contributed by atoms with Crippen LogP contribution in [0.4, 0.5) is 13.2 Å². The summed E-state index contributed by atoms with van der Waals surface area (Å²) in [6, 6.07) is 9.33. The standard InChI is InChI=1S/C19H21F3N2O2S2/c1-13(2)8-10-26-24-17(14-6-4-3-5-7-14)16-12-23-19(27-16)28(25)11-9-15(20)18(21)22/h3-7,12-13H,8-11H2,1-2H3/b24-17+. The maximum absolute atomic E-state index is 12.9. The first-order chi connectivity index (χ1) is 13.4. The van der Waals surface area contributed by atoms with E-state index in [2.05, 4.69) is 24.0 Å². The molecule has 0 amide bonds. The first-order valence-corrected chi connectivity index (χ1v) is 10.8. The zero-order valence-corrected chi connectivity index (χ0v) is 17.2. The Morgan fingerprint density at radius 1 is 1.25 bits per heavy atom. The predicted octanol–water partition coefficient (Wildman–Crippen LogP) is 5.53. The normalized spacial score (nSPS) is 12.9. The lowest BCUT2D eigenvalue weighted by molar-refractivity contribution is 0.133. The largest absolute Gasteiger partial charge is 0.395 e. The Hall–Kier alpha value is -2.00. The van der Waals surface area contributed by atoms with Crippen molar-refractivity contribution in [3.05, 3.63) is 58.9 Å². The van der Waals surface area contributed by atoms with Crippen molar-refractivity contribution in [1.29, 1.82) is 0 Å². The van der Waals surface area contributed by atoms with Gasteiger partial charge < -0.3 is 4.84 Å². The minimum absolute atomic E-state index is 0.230. The molecule has 4 nitrogen and oxygen atoms in total. The number of rotatable bonds is 10. The molecular formula is C19H21F3N2O2S2. The maximum atomic E-state index is 12.9. The number of nitrogens with zero attached hydrogens (tertiary/aromatic N) is 2. The van der Waals surface area contributed by atoms with Crippen LogP contribution in [0.25, 0.3) is 0 Å². The Balaban J connectivity index is 2.17. The summed E-state index contributed by atoms with van der Waals surface area (Å²) in [6.07, 6.45) is -0.610. The lowest BCUT2D eigenvalue weighted by atomic mass is 10.1. The molecule has 152 valence electrons. The van der Waals surface area contributed by atoms with Crippen LogP contribution in [0.5, 0.6) is 0 Å². The molecule has 28 heavy (non-hydrogen) atoms. The summed E-state index contributed by atoms with van der Waals surface area (Å²) in [6.45, 7) is 4.64. The Bertz CT molecular complexity index is 848. The molecule has 0 aliphatic heterocycles. The van der Waals surface area contributed by atoms with Crippen LogP contribution in [0, 0.1) is 5.92 Å². The molecular weight excluding hydrogens is 409 g/mol. The van der Waals surface area contributed by atoms with Crippen molar-refractivity contribution < 1.29 is 22.2 Å². The molecule has 2 aromatic rings. The Kier molecular flexibility index (Phi) is 8.85. The molecule has 0 spiro atoms. The predicted molar refractivity (Wildman–Crippen MR) is 106 cm³/mol. The minimum Gasteiger partial charge on any atom is -0.395 e. The van der Waals surface area contributed by atoms with E-state index >= 15 is 0 Å². The molecule has 0 fully saturated rings. The van der Waals surface area contributed by atoms with E-state index in [1.54, 1.807) is 0 Å². The van der Waals surface area contributed by atoms with Gasteiger partial charge in [-0.15, -0.1) is 11.3 Å². The summed E-state index contributed by atoms with van der Waals surface area (Å²) < 4.78 is 49.7. The average molecular weight is 431 g/mol. The van der Waals surface area contributed by atoms with E-state index in [4.69, 9.17) is 4.84 Å². The van der Waals surface area contributed by atoms with Crippen molar-refractivity contribution >= 4 is 27.8 Å². The first kappa shape index (κ1) is 22.3. The third-order valence-corrected chi connectivity index (χ3v) is 6.29. The van der Waals surface area contributed by atoms with E-state index in [1.165, 1.54) is 6.20 Å². The summed E-state index contributed by atoms with van der Waals surface area (Å²) in [5.74, 6) is -1.33. The number of halogens is 3. The topological polar surface area (TPSA) is 51.6 Å². The minimum atomic E-state index is -2.38. The van der Waals surface area contributed by atoms with Gasteiger partial charge in [-0.3, -0.25) is 4.21 Å². The van der Waals surface area contributed by atoms with Gasteiger partial charge in [-0.25, -0.2) is 9.37 Å². The Labute approximate surface area is 168 Å². The quantitative estimate of drug-likeness (QED) is 0.283. The van der Waals surface area contributed by atoms with Gasteiger partial charge in [0.05, 0.1) is 15.7 Å². The fourth-order valence-electron chi connectivity index (χ4n) is 2.07. The molecule has 1 unspecified atom stereocenters. The van der Waals surface area contributed by atoms with Crippen molar-refractivity contribution in [2.45, 2.75) is 31.0 Å². The number of thiazole rings is 1. The highest BCUT2D eigenvalue weighted by Crippen LogP contribution is 2.23. The van der Waals surface area contributed by atoms with E-state index in [-0.39, 0.29) is 10.1 Å². The molecule has 0 radical (unpaired) electrons. The molecule has 1 aromatic heterocycles. The molecule has 9 heteroatoms. The number of oxime groups is 1. The van der Waals surface area contributed by atoms with Crippen molar-refractivity contribution in [3.8, 4) is 0 Å². The highest BCUT2D eigenvalue weighted by atomic mass is 32.2. The van der Waals surface area contributed by atoms with Gasteiger partial charge in [-0.1, -0.05) is 49.3 Å². The molecule has 2 rings (SSSR count). The van der Waals surface area contributed by atoms with E-state index in [1.807, 2.05) is 30.3 Å². The van der Waals surface area contributed by atoms with Crippen molar-refractivity contribution in [1.82, 2.24) is 4.98 Å². The summed E-state index contributed by atoms with van der Waals surface area (Å²) in [5.41, 5.74) is 1.35. The second-order valence-electron chi connectivity index (χ2n) is 6.28. The van der Waals surface area contributed by atoms with Crippen LogP contribution < -0.4 is 0 Å². The number of allylic oxidation sites excluding steroid dienone is 1. The molecule has 0 bridgehead atoms. The number of benzene rings is 1. The summed E-state index contributed by atoms with van der Waals surface area (Å²) in [4.78, 5) is 10.2. The van der Waals surface area contributed by atoms with Gasteiger partial charge in [0, 0.05) is 23.9 Å². The zero-order chi connectivity index (χ0) is 20.5. The van der Waals surface area contributed by atoms with E-state index < -0.39 is 29.1 Å². The second-order valence-corrected chi connectivity index (χ2v) is 9.05. The lowest BCUT2D eigenvalue weighted by Crippen LogP contribution is -2.03. The van der Waals surface area contributed by atoms with Crippen LogP contribution in [0.3, 0.4) is 0 Å². The molecule has 1 aromatic carbocycles. The monoisotopic (exact) mass is 430 g/mol. The smallest absolute Gasteiger partial charge is 0.301 e. The van der Waals surface area contributed by atoms with E-state index in [9.17, 15) is 17.4 Å². The van der Waals surface area contributed by atoms with Crippen LogP contribution >= 0.6 is 11.3 Å². The molecule has 1 heterocycles. The van der Waals surface area contributed by atoms with Crippen molar-refractivity contribution in [2.75, 3.05) is 12.4 Å². The average Bonchev–Trinajstić information content (AvgIpc) is 3.16. The first-order valence-electron chi connectivity index (χ1n) is 8.68. The van der Waals surface area contributed by atoms with E-state index in [0.29, 0.717) is 23.1 Å². The third kappa shape index (κ3) is 6.87. The van der Waals surface area contributed by atoms with Crippen LogP contribution in [-0.4, -0.2) is 27.3 Å². The van der Waals surface area contributed by atoms with Gasteiger partial charge in [0.15, 0.2) is 10.2 Å². The fourth-order valence-corrected chi connectivity index (χ4v) is 4.32. The third-order valence-electron chi connectivity index (χ3n) is 3.61. The van der Waals surface area contributed by atoms with Crippen molar-refractivity contribution in [3.63, 3.8) is 0 Å². The zero-order valence-electron chi connectivity index (χ0n) is 15.5. The van der Waals surface area contributed by atoms with Crippen LogP contribution in [0.1, 0.15) is 37.1 Å². The summed E-state index contributed by atoms with van der Waals surface area (Å²) in [7, 11) is -1.68. The SMILES string of the molecule is CC(C)CCO/N=C(\c1ccccc1)c1cnc(S(=O)CCC(F)=C(F)F)s1. The summed E-state index contributed by atoms with van der Waals surface area (Å²) >= 11 is 1.12. The number of hydrogen-bond donors (Lipinski definition) is 0. The fraction of sp³-hybridized carbons (Fsp3) is 0.368. The van der Waals surface area contributed by atoms with Gasteiger partial charge in [-0.2, -0.15) is 8.78 Å². The van der Waals surface area contributed by atoms with Crippen molar-refractivity contribution in [2.24, 2.45) is 11.1 Å². The molecule has 0 saturated carbocycles. The van der Waals surface area contributed by atoms with Gasteiger partial charge in [-0.05, 0) is 12.3 Å². The number of aromatic nitrogens is 1. The second kappa shape index (κ2) is 11.1. The van der Waals surface area contributed by atoms with Gasteiger partial charge in [0.1, 0.15) is 12.3 Å². The highest BCUT2D eigenvalue weighted by Gasteiger charge is 2.17. The van der Waals surface area contributed by atoms with Gasteiger partial charge >= 0.3 is 6.08 Å². The highest BCUT2D eigenvalue weighted by molar-refractivity contribution is 7.87. The van der Waals surface area contributed by atoms with Gasteiger partial charge in [0.2, 0.25) is 0 Å². The lowest BCUT2D eigenvalue weighted by Gasteiger charge is -2.06.